The molecule has 0 aliphatic heterocycles. The SMILES string of the molecule is C=C(Nc1ccccc1C)[C@H](NC(=S)Nc1cc(C(C)(F)F)cc(C(F)(F)F)c1)c1ccccc1. The first-order valence-corrected chi connectivity index (χ1v) is 11.0. The molecular formula is C26H24F5N3S. The molecule has 0 aromatic heterocycles. The van der Waals surface area contributed by atoms with Gasteiger partial charge in [0.1, 0.15) is 0 Å². The molecule has 3 aromatic carbocycles. The number of para-hydroxylation sites is 1. The highest BCUT2D eigenvalue weighted by molar-refractivity contribution is 7.80. The topological polar surface area (TPSA) is 36.1 Å². The maximum Gasteiger partial charge on any atom is 0.416 e. The van der Waals surface area contributed by atoms with Gasteiger partial charge in [-0.1, -0.05) is 55.1 Å². The number of rotatable bonds is 7. The standard InChI is InChI=1S/C26H24F5N3S/c1-16-9-7-8-12-22(16)32-17(2)23(18-10-5-4-6-11-18)34-24(35)33-21-14-19(25(3,27)28)13-20(15-21)26(29,30)31/h4-15,23,32H,2H2,1,3H3,(H2,33,34,35)/t23-/m0/s1. The Morgan fingerprint density at radius 2 is 1.46 bits per heavy atom. The minimum atomic E-state index is -4.80. The quantitative estimate of drug-likeness (QED) is 0.226. The molecule has 0 radical (unpaired) electrons. The summed E-state index contributed by atoms with van der Waals surface area (Å²) in [4.78, 5) is 0. The number of alkyl halides is 5. The Morgan fingerprint density at radius 1 is 0.857 bits per heavy atom. The van der Waals surface area contributed by atoms with Gasteiger partial charge in [-0.3, -0.25) is 0 Å². The van der Waals surface area contributed by atoms with Gasteiger partial charge in [-0.2, -0.15) is 13.2 Å². The molecule has 0 bridgehead atoms. The van der Waals surface area contributed by atoms with E-state index in [0.717, 1.165) is 28.9 Å². The Balaban J connectivity index is 1.87. The van der Waals surface area contributed by atoms with Gasteiger partial charge in [0.2, 0.25) is 0 Å². The molecule has 3 rings (SSSR count). The van der Waals surface area contributed by atoms with Crippen molar-refractivity contribution >= 4 is 28.7 Å². The van der Waals surface area contributed by atoms with Crippen molar-refractivity contribution in [2.45, 2.75) is 32.0 Å². The lowest BCUT2D eigenvalue weighted by atomic mass is 10.0. The first-order chi connectivity index (χ1) is 16.3. The molecule has 3 N–H and O–H groups in total. The van der Waals surface area contributed by atoms with Crippen LogP contribution in [0, 0.1) is 6.92 Å². The molecule has 9 heteroatoms. The van der Waals surface area contributed by atoms with Crippen LogP contribution in [0.15, 0.2) is 85.1 Å². The van der Waals surface area contributed by atoms with Gasteiger partial charge in [-0.25, -0.2) is 8.78 Å². The second-order valence-electron chi connectivity index (χ2n) is 8.09. The highest BCUT2D eigenvalue weighted by atomic mass is 32.1. The molecule has 0 aliphatic rings. The third-order valence-corrected chi connectivity index (χ3v) is 5.44. The number of aryl methyl sites for hydroxylation is 1. The summed E-state index contributed by atoms with van der Waals surface area (Å²) in [5, 5.41) is 8.83. The van der Waals surface area contributed by atoms with Gasteiger partial charge in [0.05, 0.1) is 11.6 Å². The van der Waals surface area contributed by atoms with E-state index in [2.05, 4.69) is 22.5 Å². The lowest BCUT2D eigenvalue weighted by Gasteiger charge is -2.25. The van der Waals surface area contributed by atoms with Gasteiger partial charge < -0.3 is 16.0 Å². The van der Waals surface area contributed by atoms with E-state index >= 15 is 0 Å². The van der Waals surface area contributed by atoms with Crippen molar-refractivity contribution in [2.24, 2.45) is 0 Å². The Labute approximate surface area is 206 Å². The molecule has 0 saturated heterocycles. The summed E-state index contributed by atoms with van der Waals surface area (Å²) in [7, 11) is 0. The van der Waals surface area contributed by atoms with Crippen molar-refractivity contribution in [3.05, 3.63) is 107 Å². The van der Waals surface area contributed by atoms with Crippen molar-refractivity contribution in [1.82, 2.24) is 5.32 Å². The fraction of sp³-hybridized carbons (Fsp3) is 0.192. The van der Waals surface area contributed by atoms with Gasteiger partial charge in [0.25, 0.3) is 5.92 Å². The minimum Gasteiger partial charge on any atom is -0.357 e. The zero-order valence-electron chi connectivity index (χ0n) is 19.0. The van der Waals surface area contributed by atoms with Crippen LogP contribution in [0.25, 0.3) is 0 Å². The average Bonchev–Trinajstić information content (AvgIpc) is 2.78. The molecule has 35 heavy (non-hydrogen) atoms. The highest BCUT2D eigenvalue weighted by Gasteiger charge is 2.34. The molecule has 0 aliphatic carbocycles. The summed E-state index contributed by atoms with van der Waals surface area (Å²) in [5.41, 5.74) is 0.935. The predicted octanol–water partition coefficient (Wildman–Crippen LogP) is 7.78. The normalized spacial score (nSPS) is 12.5. The summed E-state index contributed by atoms with van der Waals surface area (Å²) in [6, 6.07) is 18.3. The van der Waals surface area contributed by atoms with Crippen LogP contribution in [0.1, 0.15) is 35.2 Å². The molecule has 0 amide bonds. The van der Waals surface area contributed by atoms with Crippen molar-refractivity contribution in [2.75, 3.05) is 10.6 Å². The van der Waals surface area contributed by atoms with E-state index in [4.69, 9.17) is 12.2 Å². The van der Waals surface area contributed by atoms with Crippen molar-refractivity contribution < 1.29 is 22.0 Å². The molecular weight excluding hydrogens is 481 g/mol. The number of halogens is 5. The molecule has 0 fully saturated rings. The Bertz CT molecular complexity index is 1170. The zero-order valence-corrected chi connectivity index (χ0v) is 19.8. The second kappa shape index (κ2) is 10.4. The molecule has 0 heterocycles. The molecule has 1 atom stereocenters. The third kappa shape index (κ3) is 7.02. The average molecular weight is 506 g/mol. The molecule has 0 unspecified atom stereocenters. The summed E-state index contributed by atoms with van der Waals surface area (Å²) >= 11 is 5.34. The van der Waals surface area contributed by atoms with Crippen LogP contribution < -0.4 is 16.0 Å². The van der Waals surface area contributed by atoms with Crippen molar-refractivity contribution in [3.63, 3.8) is 0 Å². The van der Waals surface area contributed by atoms with Gasteiger partial charge in [0.15, 0.2) is 5.11 Å². The van der Waals surface area contributed by atoms with E-state index in [9.17, 15) is 22.0 Å². The number of benzene rings is 3. The summed E-state index contributed by atoms with van der Waals surface area (Å²) in [6.45, 7) is 6.58. The van der Waals surface area contributed by atoms with Crippen LogP contribution in [0.5, 0.6) is 0 Å². The smallest absolute Gasteiger partial charge is 0.357 e. The lowest BCUT2D eigenvalue weighted by molar-refractivity contribution is -0.137. The Hall–Kier alpha value is -3.46. The van der Waals surface area contributed by atoms with E-state index < -0.39 is 29.3 Å². The van der Waals surface area contributed by atoms with Crippen molar-refractivity contribution in [1.29, 1.82) is 0 Å². The van der Waals surface area contributed by atoms with Gasteiger partial charge in [-0.15, -0.1) is 0 Å². The van der Waals surface area contributed by atoms with Gasteiger partial charge >= 0.3 is 6.18 Å². The first kappa shape index (κ1) is 26.2. The van der Waals surface area contributed by atoms with Crippen LogP contribution in [-0.2, 0) is 12.1 Å². The second-order valence-corrected chi connectivity index (χ2v) is 8.50. The van der Waals surface area contributed by atoms with E-state index in [1.54, 1.807) is 0 Å². The Morgan fingerprint density at radius 3 is 2.06 bits per heavy atom. The number of hydrogen-bond acceptors (Lipinski definition) is 2. The third-order valence-electron chi connectivity index (χ3n) is 5.22. The predicted molar refractivity (Wildman–Crippen MR) is 133 cm³/mol. The molecule has 3 aromatic rings. The van der Waals surface area contributed by atoms with E-state index in [1.807, 2.05) is 61.5 Å². The van der Waals surface area contributed by atoms with Crippen LogP contribution in [0.2, 0.25) is 0 Å². The van der Waals surface area contributed by atoms with E-state index in [1.165, 1.54) is 0 Å². The molecule has 0 spiro atoms. The van der Waals surface area contributed by atoms with Gasteiger partial charge in [0, 0.05) is 29.6 Å². The van der Waals surface area contributed by atoms with Crippen LogP contribution in [-0.4, -0.2) is 5.11 Å². The van der Waals surface area contributed by atoms with Crippen LogP contribution in [0.4, 0.5) is 33.3 Å². The maximum absolute atomic E-state index is 13.9. The number of thiocarbonyl (C=S) groups is 1. The summed E-state index contributed by atoms with van der Waals surface area (Å²) < 4.78 is 67.6. The van der Waals surface area contributed by atoms with Gasteiger partial charge in [-0.05, 0) is 54.5 Å². The number of nitrogens with one attached hydrogen (secondary N) is 3. The van der Waals surface area contributed by atoms with E-state index in [-0.39, 0.29) is 10.8 Å². The molecule has 0 saturated carbocycles. The minimum absolute atomic E-state index is 0.0590. The zero-order chi connectivity index (χ0) is 25.8. The summed E-state index contributed by atoms with van der Waals surface area (Å²) in [6.07, 6.45) is -4.80. The number of hydrogen-bond donors (Lipinski definition) is 3. The van der Waals surface area contributed by atoms with Crippen LogP contribution >= 0.6 is 12.2 Å². The van der Waals surface area contributed by atoms with Crippen molar-refractivity contribution in [3.8, 4) is 0 Å². The highest BCUT2D eigenvalue weighted by Crippen LogP contribution is 2.36. The first-order valence-electron chi connectivity index (χ1n) is 10.6. The molecule has 3 nitrogen and oxygen atoms in total. The van der Waals surface area contributed by atoms with E-state index in [0.29, 0.717) is 18.7 Å². The maximum atomic E-state index is 13.9. The fourth-order valence-corrected chi connectivity index (χ4v) is 3.63. The summed E-state index contributed by atoms with van der Waals surface area (Å²) in [5.74, 6) is -3.47. The fourth-order valence-electron chi connectivity index (χ4n) is 3.39. The lowest BCUT2D eigenvalue weighted by Crippen LogP contribution is -2.34. The largest absolute Gasteiger partial charge is 0.416 e. The molecule has 184 valence electrons. The van der Waals surface area contributed by atoms with Crippen LogP contribution in [0.3, 0.4) is 0 Å². The Kier molecular flexibility index (Phi) is 7.80. The monoisotopic (exact) mass is 505 g/mol. The number of anilines is 2.